The smallest absolute Gasteiger partial charge is 0.325 e. The Kier molecular flexibility index (Phi) is 7.16. The molecule has 140 valence electrons. The van der Waals surface area contributed by atoms with Crippen LogP contribution < -0.4 is 10.9 Å². The molecule has 0 saturated carbocycles. The molecule has 0 aliphatic carbocycles. The molecule has 26 heavy (non-hydrogen) atoms. The summed E-state index contributed by atoms with van der Waals surface area (Å²) in [5.41, 5.74) is 0.158. The lowest BCUT2D eigenvalue weighted by Crippen LogP contribution is -2.37. The van der Waals surface area contributed by atoms with Crippen LogP contribution in [0.3, 0.4) is 0 Å². The number of para-hydroxylation sites is 1. The van der Waals surface area contributed by atoms with Crippen molar-refractivity contribution >= 4 is 34.5 Å². The Morgan fingerprint density at radius 3 is 2.73 bits per heavy atom. The fourth-order valence-corrected chi connectivity index (χ4v) is 3.14. The lowest BCUT2D eigenvalue weighted by Gasteiger charge is -2.14. The van der Waals surface area contributed by atoms with Gasteiger partial charge in [0.25, 0.3) is 5.56 Å². The summed E-state index contributed by atoms with van der Waals surface area (Å²) in [5, 5.41) is 3.47. The molecule has 1 heterocycles. The molecule has 1 atom stereocenters. The number of carbonyl (C=O) groups is 2. The topological polar surface area (TPSA) is 99.5 Å². The highest BCUT2D eigenvalue weighted by Crippen LogP contribution is 2.17. The zero-order chi connectivity index (χ0) is 19.1. The van der Waals surface area contributed by atoms with Crippen molar-refractivity contribution in [2.24, 2.45) is 0 Å². The summed E-state index contributed by atoms with van der Waals surface area (Å²) in [6, 6.07) is 6.73. The van der Waals surface area contributed by atoms with Gasteiger partial charge in [-0.3, -0.25) is 19.0 Å². The van der Waals surface area contributed by atoms with Crippen LogP contribution in [0.4, 0.5) is 0 Å². The first kappa shape index (κ1) is 19.9. The maximum absolute atomic E-state index is 12.7. The SMILES string of the molecule is COC[C@@H](C)NC(=O)CSc1nc2ccccc2c(=O)n1CC(=O)OC. The van der Waals surface area contributed by atoms with E-state index in [9.17, 15) is 14.4 Å². The van der Waals surface area contributed by atoms with Gasteiger partial charge in [0.15, 0.2) is 5.16 Å². The number of nitrogens with one attached hydrogen (secondary N) is 1. The molecule has 0 aliphatic rings. The van der Waals surface area contributed by atoms with Crippen molar-refractivity contribution in [3.63, 3.8) is 0 Å². The number of aromatic nitrogens is 2. The van der Waals surface area contributed by atoms with E-state index in [2.05, 4.69) is 15.0 Å². The molecular weight excluding hydrogens is 358 g/mol. The zero-order valence-electron chi connectivity index (χ0n) is 14.9. The molecule has 0 saturated heterocycles. The van der Waals surface area contributed by atoms with E-state index in [4.69, 9.17) is 4.74 Å². The maximum atomic E-state index is 12.7. The fraction of sp³-hybridized carbons (Fsp3) is 0.412. The minimum atomic E-state index is -0.566. The van der Waals surface area contributed by atoms with E-state index in [0.717, 1.165) is 11.8 Å². The Labute approximate surface area is 154 Å². The molecule has 2 rings (SSSR count). The number of carbonyl (C=O) groups excluding carboxylic acids is 2. The number of benzene rings is 1. The number of ether oxygens (including phenoxy) is 2. The molecule has 0 aliphatic heterocycles. The van der Waals surface area contributed by atoms with Crippen LogP contribution in [-0.4, -0.2) is 54.0 Å². The van der Waals surface area contributed by atoms with E-state index in [0.29, 0.717) is 17.5 Å². The Balaban J connectivity index is 2.26. The number of hydrogen-bond donors (Lipinski definition) is 1. The molecule has 8 nitrogen and oxygen atoms in total. The normalized spacial score (nSPS) is 12.0. The monoisotopic (exact) mass is 379 g/mol. The van der Waals surface area contributed by atoms with Crippen LogP contribution >= 0.6 is 11.8 Å². The summed E-state index contributed by atoms with van der Waals surface area (Å²) < 4.78 is 10.9. The third-order valence-corrected chi connectivity index (χ3v) is 4.47. The molecular formula is C17H21N3O5S. The van der Waals surface area contributed by atoms with Gasteiger partial charge >= 0.3 is 5.97 Å². The number of methoxy groups -OCH3 is 2. The van der Waals surface area contributed by atoms with Gasteiger partial charge in [-0.2, -0.15) is 0 Å². The second-order valence-electron chi connectivity index (χ2n) is 5.59. The van der Waals surface area contributed by atoms with Gasteiger partial charge in [-0.05, 0) is 19.1 Å². The molecule has 1 aromatic carbocycles. The van der Waals surface area contributed by atoms with Crippen LogP contribution in [0, 0.1) is 0 Å². The highest BCUT2D eigenvalue weighted by atomic mass is 32.2. The maximum Gasteiger partial charge on any atom is 0.325 e. The van der Waals surface area contributed by atoms with Crippen molar-refractivity contribution in [1.82, 2.24) is 14.9 Å². The predicted molar refractivity (Wildman–Crippen MR) is 98.2 cm³/mol. The Morgan fingerprint density at radius 2 is 2.04 bits per heavy atom. The molecule has 0 bridgehead atoms. The number of fused-ring (bicyclic) bond motifs is 1. The molecule has 0 spiro atoms. The second-order valence-corrected chi connectivity index (χ2v) is 6.53. The van der Waals surface area contributed by atoms with Crippen LogP contribution in [0.25, 0.3) is 10.9 Å². The Bertz CT molecular complexity index is 852. The third kappa shape index (κ3) is 5.06. The average Bonchev–Trinajstić information content (AvgIpc) is 2.62. The first-order valence-corrected chi connectivity index (χ1v) is 8.92. The van der Waals surface area contributed by atoms with Crippen molar-refractivity contribution < 1.29 is 19.1 Å². The lowest BCUT2D eigenvalue weighted by molar-refractivity contribution is -0.141. The molecule has 0 radical (unpaired) electrons. The van der Waals surface area contributed by atoms with Gasteiger partial charge in [0.05, 0.1) is 30.4 Å². The minimum Gasteiger partial charge on any atom is -0.468 e. The van der Waals surface area contributed by atoms with Gasteiger partial charge in [-0.1, -0.05) is 23.9 Å². The van der Waals surface area contributed by atoms with Crippen molar-refractivity contribution in [3.8, 4) is 0 Å². The number of esters is 1. The van der Waals surface area contributed by atoms with Crippen LogP contribution in [0.15, 0.2) is 34.2 Å². The number of amides is 1. The molecule has 0 unspecified atom stereocenters. The third-order valence-electron chi connectivity index (χ3n) is 3.50. The quantitative estimate of drug-likeness (QED) is 0.412. The first-order chi connectivity index (χ1) is 12.5. The lowest BCUT2D eigenvalue weighted by atomic mass is 10.2. The van der Waals surface area contributed by atoms with E-state index in [1.807, 2.05) is 6.92 Å². The van der Waals surface area contributed by atoms with Gasteiger partial charge in [0, 0.05) is 13.2 Å². The Morgan fingerprint density at radius 1 is 1.31 bits per heavy atom. The highest BCUT2D eigenvalue weighted by molar-refractivity contribution is 7.99. The van der Waals surface area contributed by atoms with Gasteiger partial charge in [0.2, 0.25) is 5.91 Å². The summed E-state index contributed by atoms with van der Waals surface area (Å²) in [6.07, 6.45) is 0. The molecule has 1 amide bonds. The Hall–Kier alpha value is -2.39. The van der Waals surface area contributed by atoms with Crippen LogP contribution in [0.2, 0.25) is 0 Å². The van der Waals surface area contributed by atoms with Gasteiger partial charge in [0.1, 0.15) is 6.54 Å². The van der Waals surface area contributed by atoms with Crippen LogP contribution in [0.5, 0.6) is 0 Å². The molecule has 0 fully saturated rings. The first-order valence-electron chi connectivity index (χ1n) is 7.93. The summed E-state index contributed by atoms with van der Waals surface area (Å²) >= 11 is 1.09. The molecule has 9 heteroatoms. The number of rotatable bonds is 8. The zero-order valence-corrected chi connectivity index (χ0v) is 15.7. The number of hydrogen-bond acceptors (Lipinski definition) is 7. The van der Waals surface area contributed by atoms with E-state index in [1.54, 1.807) is 31.4 Å². The van der Waals surface area contributed by atoms with Gasteiger partial charge in [-0.25, -0.2) is 4.98 Å². The second kappa shape index (κ2) is 9.35. The summed E-state index contributed by atoms with van der Waals surface area (Å²) in [6.45, 7) is 1.96. The van der Waals surface area contributed by atoms with Gasteiger partial charge < -0.3 is 14.8 Å². The predicted octanol–water partition coefficient (Wildman–Crippen LogP) is 0.813. The standard InChI is InChI=1S/C17H21N3O5S/c1-11(9-24-2)18-14(21)10-26-17-19-13-7-5-4-6-12(13)16(23)20(17)8-15(22)25-3/h4-7,11H,8-10H2,1-3H3,(H,18,21)/t11-/m1/s1. The number of nitrogens with zero attached hydrogens (tertiary/aromatic N) is 2. The van der Waals surface area contributed by atoms with Crippen molar-refractivity contribution in [3.05, 3.63) is 34.6 Å². The summed E-state index contributed by atoms with van der Waals surface area (Å²) in [5.74, 6) is -0.726. The van der Waals surface area contributed by atoms with Crippen LogP contribution in [0.1, 0.15) is 6.92 Å². The average molecular weight is 379 g/mol. The van der Waals surface area contributed by atoms with E-state index < -0.39 is 5.97 Å². The highest BCUT2D eigenvalue weighted by Gasteiger charge is 2.16. The molecule has 2 aromatic rings. The van der Waals surface area contributed by atoms with E-state index in [-0.39, 0.29) is 35.0 Å². The van der Waals surface area contributed by atoms with E-state index >= 15 is 0 Å². The van der Waals surface area contributed by atoms with E-state index in [1.165, 1.54) is 11.7 Å². The fourth-order valence-electron chi connectivity index (χ4n) is 2.33. The van der Waals surface area contributed by atoms with Crippen molar-refractivity contribution in [2.45, 2.75) is 24.7 Å². The van der Waals surface area contributed by atoms with Crippen molar-refractivity contribution in [2.75, 3.05) is 26.6 Å². The molecule has 1 N–H and O–H groups in total. The largest absolute Gasteiger partial charge is 0.468 e. The van der Waals surface area contributed by atoms with Crippen molar-refractivity contribution in [1.29, 1.82) is 0 Å². The number of thioether (sulfide) groups is 1. The van der Waals surface area contributed by atoms with Crippen LogP contribution in [-0.2, 0) is 25.6 Å². The molecule has 1 aromatic heterocycles. The summed E-state index contributed by atoms with van der Waals surface area (Å²) in [7, 11) is 2.81. The summed E-state index contributed by atoms with van der Waals surface area (Å²) in [4.78, 5) is 40.8. The minimum absolute atomic E-state index is 0.0556. The van der Waals surface area contributed by atoms with Gasteiger partial charge in [-0.15, -0.1) is 0 Å².